The van der Waals surface area contributed by atoms with Gasteiger partial charge < -0.3 is 10.7 Å². The molecule has 0 aliphatic carbocycles. The van der Waals surface area contributed by atoms with Gasteiger partial charge in [0.05, 0.1) is 11.6 Å². The minimum Gasteiger partial charge on any atom is -0.340 e. The number of halogens is 2. The monoisotopic (exact) mass is 317 g/mol. The average molecular weight is 319 g/mol. The van der Waals surface area contributed by atoms with E-state index in [1.807, 2.05) is 19.1 Å². The number of nitrogens with two attached hydrogens (primary N) is 1. The second kappa shape index (κ2) is 3.64. The van der Waals surface area contributed by atoms with E-state index < -0.39 is 0 Å². The molecule has 0 fully saturated rings. The molecule has 1 aromatic carbocycles. The highest BCUT2D eigenvalue weighted by atomic mass is 79.9. The molecule has 0 radical (unpaired) electrons. The summed E-state index contributed by atoms with van der Waals surface area (Å²) in [6.45, 7) is 1.90. The highest BCUT2D eigenvalue weighted by Gasteiger charge is 2.10. The first-order valence-corrected chi connectivity index (χ1v) is 5.77. The molecule has 3 nitrogen and oxygen atoms in total. The van der Waals surface area contributed by atoms with Crippen LogP contribution in [0.25, 0.3) is 11.0 Å². The molecule has 1 aromatic heterocycles. The molecule has 0 spiro atoms. The molecule has 14 heavy (non-hydrogen) atoms. The molecule has 1 heterocycles. The molecule has 74 valence electrons. The molecule has 0 saturated carbocycles. The first kappa shape index (κ1) is 10.1. The van der Waals surface area contributed by atoms with Gasteiger partial charge in [-0.15, -0.1) is 0 Å². The topological polar surface area (TPSA) is 54.7 Å². The van der Waals surface area contributed by atoms with E-state index in [4.69, 9.17) is 5.73 Å². The molecule has 2 rings (SSSR count). The molecule has 0 aliphatic heterocycles. The number of aromatic nitrogens is 2. The van der Waals surface area contributed by atoms with Crippen LogP contribution in [-0.4, -0.2) is 9.97 Å². The lowest BCUT2D eigenvalue weighted by atomic mass is 10.3. The summed E-state index contributed by atoms with van der Waals surface area (Å²) in [5.41, 5.74) is 7.64. The largest absolute Gasteiger partial charge is 0.340 e. The third kappa shape index (κ3) is 1.60. The number of benzene rings is 1. The number of H-pyrrole nitrogens is 1. The molecule has 2 aromatic rings. The molecule has 1 atom stereocenters. The Kier molecular flexibility index (Phi) is 2.64. The Bertz CT molecular complexity index is 437. The molecule has 1 unspecified atom stereocenters. The second-order valence-electron chi connectivity index (χ2n) is 3.16. The third-order valence-electron chi connectivity index (χ3n) is 1.99. The van der Waals surface area contributed by atoms with Crippen LogP contribution in [0.3, 0.4) is 0 Å². The van der Waals surface area contributed by atoms with Crippen molar-refractivity contribution in [1.29, 1.82) is 0 Å². The first-order valence-electron chi connectivity index (χ1n) is 4.19. The van der Waals surface area contributed by atoms with E-state index in [0.29, 0.717) is 0 Å². The molecular formula is C9H9Br2N3. The number of imidazole rings is 1. The van der Waals surface area contributed by atoms with Gasteiger partial charge >= 0.3 is 0 Å². The van der Waals surface area contributed by atoms with Crippen molar-refractivity contribution in [3.05, 3.63) is 26.9 Å². The van der Waals surface area contributed by atoms with Crippen molar-refractivity contribution in [2.45, 2.75) is 13.0 Å². The fraction of sp³-hybridized carbons (Fsp3) is 0.222. The Morgan fingerprint density at radius 3 is 2.57 bits per heavy atom. The summed E-state index contributed by atoms with van der Waals surface area (Å²) in [6, 6.07) is 3.84. The van der Waals surface area contributed by atoms with Gasteiger partial charge in [-0.2, -0.15) is 0 Å². The van der Waals surface area contributed by atoms with Crippen LogP contribution >= 0.6 is 31.9 Å². The predicted molar refractivity (Wildman–Crippen MR) is 64.1 cm³/mol. The van der Waals surface area contributed by atoms with Crippen LogP contribution in [0.4, 0.5) is 0 Å². The Balaban J connectivity index is 2.75. The van der Waals surface area contributed by atoms with Crippen LogP contribution in [0, 0.1) is 0 Å². The lowest BCUT2D eigenvalue weighted by molar-refractivity contribution is 0.759. The van der Waals surface area contributed by atoms with Gasteiger partial charge in [-0.05, 0) is 50.9 Å². The maximum Gasteiger partial charge on any atom is 0.124 e. The molecule has 0 amide bonds. The third-order valence-corrected chi connectivity index (χ3v) is 3.30. The molecule has 5 heteroatoms. The second-order valence-corrected chi connectivity index (χ2v) is 4.87. The molecule has 3 N–H and O–H groups in total. The quantitative estimate of drug-likeness (QED) is 0.849. The van der Waals surface area contributed by atoms with E-state index in [0.717, 1.165) is 25.8 Å². The average Bonchev–Trinajstić information content (AvgIpc) is 2.57. The SMILES string of the molecule is CC(N)c1nc2c(Br)ccc(Br)c2[nH]1. The molecule has 0 aliphatic rings. The minimum absolute atomic E-state index is 0.0822. The summed E-state index contributed by atoms with van der Waals surface area (Å²) in [5.74, 6) is 0.799. The van der Waals surface area contributed by atoms with Crippen LogP contribution in [0.2, 0.25) is 0 Å². The van der Waals surface area contributed by atoms with Gasteiger partial charge in [-0.25, -0.2) is 4.98 Å². The smallest absolute Gasteiger partial charge is 0.124 e. The van der Waals surface area contributed by atoms with Crippen LogP contribution in [0.5, 0.6) is 0 Å². The van der Waals surface area contributed by atoms with E-state index in [1.165, 1.54) is 0 Å². The van der Waals surface area contributed by atoms with Crippen LogP contribution in [0.15, 0.2) is 21.1 Å². The fourth-order valence-electron chi connectivity index (χ4n) is 1.26. The Labute approximate surface area is 98.3 Å². The lowest BCUT2D eigenvalue weighted by Crippen LogP contribution is -2.06. The number of nitrogens with one attached hydrogen (secondary N) is 1. The van der Waals surface area contributed by atoms with E-state index in [9.17, 15) is 0 Å². The fourth-order valence-corrected chi connectivity index (χ4v) is 2.10. The highest BCUT2D eigenvalue weighted by molar-refractivity contribution is 9.11. The number of nitrogens with zero attached hydrogens (tertiary/aromatic N) is 1. The van der Waals surface area contributed by atoms with E-state index in [2.05, 4.69) is 41.8 Å². The van der Waals surface area contributed by atoms with E-state index in [-0.39, 0.29) is 6.04 Å². The zero-order valence-electron chi connectivity index (χ0n) is 7.51. The Hall–Kier alpha value is -0.390. The van der Waals surface area contributed by atoms with E-state index >= 15 is 0 Å². The van der Waals surface area contributed by atoms with Crippen LogP contribution in [0.1, 0.15) is 18.8 Å². The standard InChI is InChI=1S/C9H9Br2N3/c1-4(12)9-13-7-5(10)2-3-6(11)8(7)14-9/h2-4H,12H2,1H3,(H,13,14). The van der Waals surface area contributed by atoms with Crippen LogP contribution in [-0.2, 0) is 0 Å². The lowest BCUT2D eigenvalue weighted by Gasteiger charge is -1.96. The number of hydrogen-bond acceptors (Lipinski definition) is 2. The van der Waals surface area contributed by atoms with Crippen molar-refractivity contribution in [1.82, 2.24) is 9.97 Å². The van der Waals surface area contributed by atoms with Gasteiger partial charge in [0.2, 0.25) is 0 Å². The van der Waals surface area contributed by atoms with Crippen molar-refractivity contribution in [2.24, 2.45) is 5.73 Å². The number of fused-ring (bicyclic) bond motifs is 1. The molecular weight excluding hydrogens is 310 g/mol. The van der Waals surface area contributed by atoms with Gasteiger partial charge in [-0.1, -0.05) is 0 Å². The summed E-state index contributed by atoms with van der Waals surface area (Å²) < 4.78 is 1.97. The van der Waals surface area contributed by atoms with Crippen molar-refractivity contribution >= 4 is 42.9 Å². The summed E-state index contributed by atoms with van der Waals surface area (Å²) in [5, 5.41) is 0. The van der Waals surface area contributed by atoms with Gasteiger partial charge in [0.1, 0.15) is 11.3 Å². The summed E-state index contributed by atoms with van der Waals surface area (Å²) in [6.07, 6.45) is 0. The van der Waals surface area contributed by atoms with Crippen molar-refractivity contribution < 1.29 is 0 Å². The predicted octanol–water partition coefficient (Wildman–Crippen LogP) is 3.11. The van der Waals surface area contributed by atoms with Gasteiger partial charge in [0.15, 0.2) is 0 Å². The van der Waals surface area contributed by atoms with Gasteiger partial charge in [-0.3, -0.25) is 0 Å². The van der Waals surface area contributed by atoms with Gasteiger partial charge in [0, 0.05) is 8.95 Å². The summed E-state index contributed by atoms with van der Waals surface area (Å²) >= 11 is 6.91. The number of rotatable bonds is 1. The molecule has 0 saturated heterocycles. The normalized spacial score (nSPS) is 13.4. The Morgan fingerprint density at radius 1 is 1.36 bits per heavy atom. The minimum atomic E-state index is -0.0822. The highest BCUT2D eigenvalue weighted by Crippen LogP contribution is 2.29. The van der Waals surface area contributed by atoms with Crippen molar-refractivity contribution in [2.75, 3.05) is 0 Å². The maximum atomic E-state index is 5.75. The number of hydrogen-bond donors (Lipinski definition) is 2. The zero-order valence-corrected chi connectivity index (χ0v) is 10.7. The van der Waals surface area contributed by atoms with E-state index in [1.54, 1.807) is 0 Å². The summed E-state index contributed by atoms with van der Waals surface area (Å²) in [7, 11) is 0. The summed E-state index contributed by atoms with van der Waals surface area (Å²) in [4.78, 5) is 7.61. The first-order chi connectivity index (χ1) is 6.59. The Morgan fingerprint density at radius 2 is 2.00 bits per heavy atom. The zero-order chi connectivity index (χ0) is 10.3. The van der Waals surface area contributed by atoms with Gasteiger partial charge in [0.25, 0.3) is 0 Å². The number of aromatic amines is 1. The maximum absolute atomic E-state index is 5.75. The van der Waals surface area contributed by atoms with Crippen molar-refractivity contribution in [3.63, 3.8) is 0 Å². The van der Waals surface area contributed by atoms with Crippen LogP contribution < -0.4 is 5.73 Å². The molecule has 0 bridgehead atoms. The van der Waals surface area contributed by atoms with Crippen molar-refractivity contribution in [3.8, 4) is 0 Å².